The quantitative estimate of drug-likeness (QED) is 0.883. The summed E-state index contributed by atoms with van der Waals surface area (Å²) in [5.41, 5.74) is 3.52. The summed E-state index contributed by atoms with van der Waals surface area (Å²) in [5.74, 6) is 0.854. The Bertz CT molecular complexity index is 727. The lowest BCUT2D eigenvalue weighted by Gasteiger charge is -2.36. The van der Waals surface area contributed by atoms with Crippen molar-refractivity contribution in [2.24, 2.45) is 5.92 Å². The lowest BCUT2D eigenvalue weighted by Crippen LogP contribution is -2.49. The number of carbonyl (C=O) groups is 2. The first-order valence-electron chi connectivity index (χ1n) is 10.5. The summed E-state index contributed by atoms with van der Waals surface area (Å²) in [7, 11) is 0. The Morgan fingerprint density at radius 3 is 2.67 bits per heavy atom. The minimum atomic E-state index is -0.109. The van der Waals surface area contributed by atoms with Gasteiger partial charge in [0.1, 0.15) is 5.82 Å². The fourth-order valence-corrected chi connectivity index (χ4v) is 4.89. The van der Waals surface area contributed by atoms with Crippen LogP contribution in [0.25, 0.3) is 0 Å². The van der Waals surface area contributed by atoms with E-state index in [-0.39, 0.29) is 17.7 Å². The summed E-state index contributed by atoms with van der Waals surface area (Å²) in [4.78, 5) is 36.3. The molecule has 1 N–H and O–H groups in total. The smallest absolute Gasteiger partial charge is 0.225 e. The van der Waals surface area contributed by atoms with E-state index >= 15 is 0 Å². The fraction of sp³-hybridized carbons (Fsp3) is 0.714. The molecule has 3 aliphatic rings. The highest BCUT2D eigenvalue weighted by Gasteiger charge is 2.35. The Hall–Kier alpha value is -1.98. The summed E-state index contributed by atoms with van der Waals surface area (Å²) >= 11 is 0. The van der Waals surface area contributed by atoms with Crippen LogP contribution in [-0.4, -0.2) is 39.3 Å². The Balaban J connectivity index is 1.36. The van der Waals surface area contributed by atoms with Crippen molar-refractivity contribution < 1.29 is 9.59 Å². The molecule has 2 amide bonds. The normalized spacial score (nSPS) is 23.4. The van der Waals surface area contributed by atoms with E-state index in [1.165, 1.54) is 31.2 Å². The largest absolute Gasteiger partial charge is 0.349 e. The molecule has 0 unspecified atom stereocenters. The zero-order chi connectivity index (χ0) is 18.8. The molecular weight excluding hydrogens is 340 g/mol. The van der Waals surface area contributed by atoms with Gasteiger partial charge in [-0.05, 0) is 57.4 Å². The SMILES string of the molecule is Cc1nc(CNC(=O)[C@@H]2CCC(=O)N(C3CCCC3)C2)nc2c1CCCC2. The van der Waals surface area contributed by atoms with Crippen molar-refractivity contribution in [2.45, 2.75) is 83.7 Å². The molecule has 6 heteroatoms. The Labute approximate surface area is 161 Å². The monoisotopic (exact) mass is 370 g/mol. The first kappa shape index (κ1) is 18.4. The Morgan fingerprint density at radius 1 is 1.07 bits per heavy atom. The maximum Gasteiger partial charge on any atom is 0.225 e. The highest BCUT2D eigenvalue weighted by molar-refractivity contribution is 5.84. The van der Waals surface area contributed by atoms with Crippen LogP contribution in [0.15, 0.2) is 0 Å². The minimum absolute atomic E-state index is 0.0319. The molecule has 1 aliphatic heterocycles. The van der Waals surface area contributed by atoms with Crippen LogP contribution >= 0.6 is 0 Å². The van der Waals surface area contributed by atoms with E-state index in [0.717, 1.165) is 37.1 Å². The zero-order valence-electron chi connectivity index (χ0n) is 16.3. The number of aromatic nitrogens is 2. The van der Waals surface area contributed by atoms with Crippen molar-refractivity contribution in [1.82, 2.24) is 20.2 Å². The van der Waals surface area contributed by atoms with Gasteiger partial charge >= 0.3 is 0 Å². The molecule has 2 heterocycles. The number of amides is 2. The number of nitrogens with one attached hydrogen (secondary N) is 1. The first-order chi connectivity index (χ1) is 13.1. The molecule has 2 aliphatic carbocycles. The van der Waals surface area contributed by atoms with E-state index in [1.807, 2.05) is 11.8 Å². The van der Waals surface area contributed by atoms with Gasteiger partial charge in [0, 0.05) is 30.4 Å². The van der Waals surface area contributed by atoms with Crippen molar-refractivity contribution in [1.29, 1.82) is 0 Å². The van der Waals surface area contributed by atoms with Crippen molar-refractivity contribution in [3.8, 4) is 0 Å². The van der Waals surface area contributed by atoms with Gasteiger partial charge in [0.25, 0.3) is 0 Å². The van der Waals surface area contributed by atoms with Crippen molar-refractivity contribution >= 4 is 11.8 Å². The minimum Gasteiger partial charge on any atom is -0.349 e. The van der Waals surface area contributed by atoms with Crippen LogP contribution in [0.1, 0.15) is 74.1 Å². The molecule has 4 rings (SSSR count). The molecule has 2 fully saturated rings. The van der Waals surface area contributed by atoms with Gasteiger partial charge in [-0.2, -0.15) is 0 Å². The van der Waals surface area contributed by atoms with Crippen molar-refractivity contribution in [3.63, 3.8) is 0 Å². The van der Waals surface area contributed by atoms with E-state index < -0.39 is 0 Å². The lowest BCUT2D eigenvalue weighted by atomic mass is 9.94. The summed E-state index contributed by atoms with van der Waals surface area (Å²) in [6, 6.07) is 0.347. The standard InChI is InChI=1S/C21H30N4O2/c1-14-17-8-4-5-9-18(17)24-19(23-14)12-22-21(27)15-10-11-20(26)25(13-15)16-6-2-3-7-16/h15-16H,2-13H2,1H3,(H,22,27)/t15-/m1/s1. The number of carbonyl (C=O) groups excluding carboxylic acids is 2. The van der Waals surface area contributed by atoms with Crippen molar-refractivity contribution in [3.05, 3.63) is 22.8 Å². The molecular formula is C21H30N4O2. The number of hydrogen-bond donors (Lipinski definition) is 1. The van der Waals surface area contributed by atoms with E-state index in [4.69, 9.17) is 4.98 Å². The van der Waals surface area contributed by atoms with E-state index in [2.05, 4.69) is 10.3 Å². The second-order valence-corrected chi connectivity index (χ2v) is 8.30. The Kier molecular flexibility index (Phi) is 5.41. The first-order valence-corrected chi connectivity index (χ1v) is 10.5. The maximum atomic E-state index is 12.7. The van der Waals surface area contributed by atoms with Gasteiger partial charge in [-0.1, -0.05) is 12.8 Å². The van der Waals surface area contributed by atoms with Gasteiger partial charge in [0.05, 0.1) is 12.5 Å². The molecule has 1 saturated heterocycles. The second-order valence-electron chi connectivity index (χ2n) is 8.30. The van der Waals surface area contributed by atoms with Gasteiger partial charge < -0.3 is 10.2 Å². The van der Waals surface area contributed by atoms with Crippen LogP contribution in [-0.2, 0) is 29.0 Å². The van der Waals surface area contributed by atoms with E-state index in [1.54, 1.807) is 0 Å². The third-order valence-electron chi connectivity index (χ3n) is 6.44. The Morgan fingerprint density at radius 2 is 1.85 bits per heavy atom. The molecule has 146 valence electrons. The predicted molar refractivity (Wildman–Crippen MR) is 102 cm³/mol. The van der Waals surface area contributed by atoms with E-state index in [9.17, 15) is 9.59 Å². The molecule has 1 atom stereocenters. The average Bonchev–Trinajstić information content (AvgIpc) is 3.21. The maximum absolute atomic E-state index is 12.7. The second kappa shape index (κ2) is 7.95. The van der Waals surface area contributed by atoms with Crippen LogP contribution < -0.4 is 5.32 Å². The topological polar surface area (TPSA) is 75.2 Å². The number of likely N-dealkylation sites (tertiary alicyclic amines) is 1. The molecule has 0 aromatic carbocycles. The van der Waals surface area contributed by atoms with Gasteiger partial charge in [-0.15, -0.1) is 0 Å². The van der Waals surface area contributed by atoms with E-state index in [0.29, 0.717) is 37.8 Å². The third kappa shape index (κ3) is 3.99. The highest BCUT2D eigenvalue weighted by atomic mass is 16.2. The van der Waals surface area contributed by atoms with Crippen LogP contribution in [0.2, 0.25) is 0 Å². The van der Waals surface area contributed by atoms with Crippen LogP contribution in [0, 0.1) is 12.8 Å². The predicted octanol–water partition coefficient (Wildman–Crippen LogP) is 2.46. The number of hydrogen-bond acceptors (Lipinski definition) is 4. The molecule has 1 saturated carbocycles. The zero-order valence-corrected chi connectivity index (χ0v) is 16.3. The number of piperidine rings is 1. The number of rotatable bonds is 4. The number of nitrogens with zero attached hydrogens (tertiary/aromatic N) is 3. The van der Waals surface area contributed by atoms with Crippen LogP contribution in [0.5, 0.6) is 0 Å². The van der Waals surface area contributed by atoms with Gasteiger partial charge in [0.2, 0.25) is 11.8 Å². The summed E-state index contributed by atoms with van der Waals surface area (Å²) in [6.07, 6.45) is 10.2. The van der Waals surface area contributed by atoms with Crippen LogP contribution in [0.4, 0.5) is 0 Å². The summed E-state index contributed by atoms with van der Waals surface area (Å²) < 4.78 is 0. The molecule has 0 radical (unpaired) electrons. The number of aryl methyl sites for hydroxylation is 2. The molecule has 1 aromatic heterocycles. The third-order valence-corrected chi connectivity index (χ3v) is 6.44. The van der Waals surface area contributed by atoms with Gasteiger partial charge in [-0.25, -0.2) is 9.97 Å². The summed E-state index contributed by atoms with van der Waals surface area (Å²) in [5, 5.41) is 3.03. The lowest BCUT2D eigenvalue weighted by molar-refractivity contribution is -0.140. The highest BCUT2D eigenvalue weighted by Crippen LogP contribution is 2.29. The van der Waals surface area contributed by atoms with Crippen LogP contribution in [0.3, 0.4) is 0 Å². The molecule has 6 nitrogen and oxygen atoms in total. The number of fused-ring (bicyclic) bond motifs is 1. The molecule has 1 aromatic rings. The average molecular weight is 370 g/mol. The fourth-order valence-electron chi connectivity index (χ4n) is 4.89. The van der Waals surface area contributed by atoms with Gasteiger partial charge in [0.15, 0.2) is 0 Å². The van der Waals surface area contributed by atoms with Gasteiger partial charge in [-0.3, -0.25) is 9.59 Å². The summed E-state index contributed by atoms with van der Waals surface area (Å²) in [6.45, 7) is 2.99. The molecule has 0 spiro atoms. The molecule has 27 heavy (non-hydrogen) atoms. The molecule has 0 bridgehead atoms. The van der Waals surface area contributed by atoms with Crippen molar-refractivity contribution in [2.75, 3.05) is 6.54 Å².